The minimum absolute atomic E-state index is 0.0414. The first-order valence-electron chi connectivity index (χ1n) is 25.8. The average molecular weight is 949 g/mol. The molecule has 9 aromatic rings. The van der Waals surface area contributed by atoms with E-state index < -0.39 is 0 Å². The molecular formula is C67H72N4O. The van der Waals surface area contributed by atoms with E-state index in [1.165, 1.54) is 67.0 Å². The zero-order valence-electron chi connectivity index (χ0n) is 45.1. The number of anilines is 4. The fraction of sp³-hybridized carbons (Fsp3) is 0.299. The molecule has 7 aromatic carbocycles. The molecule has 0 saturated carbocycles. The highest BCUT2D eigenvalue weighted by Crippen LogP contribution is 2.51. The smallest absolute Gasteiger partial charge is 0.137 e. The summed E-state index contributed by atoms with van der Waals surface area (Å²) in [6.07, 6.45) is 1.95. The molecule has 0 aliphatic carbocycles. The highest BCUT2D eigenvalue weighted by Gasteiger charge is 2.35. The second kappa shape index (κ2) is 17.6. The lowest BCUT2D eigenvalue weighted by Crippen LogP contribution is -2.24. The summed E-state index contributed by atoms with van der Waals surface area (Å²) in [6.45, 7) is 33.0. The number of aromatic nitrogens is 2. The van der Waals surface area contributed by atoms with Crippen LogP contribution in [-0.2, 0) is 27.1 Å². The highest BCUT2D eigenvalue weighted by molar-refractivity contribution is 6.10. The standard InChI is InChI=1S/C67H72N4O/c1-63(2,3)47-32-33-68-62(38-47)71-58-31-28-48(67(13,14)46-24-19-16-20-25-46)37-55(58)54-30-29-53(40-59(54)71)72-52-27-21-26-50(39-52)69-43-70(61-42-57(66(10,11)12)56(41-60(61)69)65(7,8)9)51-35-45(44-22-17-15-18-23-44)34-49(36-51)64(4,5)6/h15-42H,43H2,1-14H3. The van der Waals surface area contributed by atoms with E-state index in [0.29, 0.717) is 6.67 Å². The Labute approximate surface area is 429 Å². The zero-order chi connectivity index (χ0) is 51.1. The van der Waals surface area contributed by atoms with Crippen molar-refractivity contribution >= 4 is 44.6 Å². The highest BCUT2D eigenvalue weighted by atomic mass is 16.5. The van der Waals surface area contributed by atoms with Gasteiger partial charge < -0.3 is 14.5 Å². The first kappa shape index (κ1) is 48.5. The number of rotatable bonds is 8. The van der Waals surface area contributed by atoms with E-state index in [-0.39, 0.29) is 27.1 Å². The third kappa shape index (κ3) is 9.08. The third-order valence-corrected chi connectivity index (χ3v) is 15.0. The normalized spacial score (nSPS) is 13.6. The largest absolute Gasteiger partial charge is 0.457 e. The van der Waals surface area contributed by atoms with Crippen LogP contribution < -0.4 is 14.5 Å². The Morgan fingerprint density at radius 2 is 1.03 bits per heavy atom. The molecule has 0 radical (unpaired) electrons. The molecule has 0 saturated heterocycles. The molecule has 366 valence electrons. The molecule has 0 bridgehead atoms. The van der Waals surface area contributed by atoms with Crippen molar-refractivity contribution in [3.8, 4) is 28.4 Å². The van der Waals surface area contributed by atoms with Gasteiger partial charge in [0.25, 0.3) is 0 Å². The van der Waals surface area contributed by atoms with Gasteiger partial charge in [-0.2, -0.15) is 0 Å². The molecule has 5 heteroatoms. The zero-order valence-corrected chi connectivity index (χ0v) is 45.1. The second-order valence-electron chi connectivity index (χ2n) is 24.8. The van der Waals surface area contributed by atoms with Crippen LogP contribution in [0.1, 0.15) is 130 Å². The SMILES string of the molecule is CC(C)(C)c1cc(-c2ccccc2)cc(N2CN(c3cccc(Oc4ccc5c6cc(C(C)(C)c7ccccc7)ccc6n(-c6cc(C(C)(C)C)ccn6)c5c4)c3)c3cc(C(C)(C)C)c(C(C)(C)C)cc32)c1. The molecule has 72 heavy (non-hydrogen) atoms. The lowest BCUT2D eigenvalue weighted by molar-refractivity contribution is 0.483. The molecule has 0 unspecified atom stereocenters. The van der Waals surface area contributed by atoms with Crippen molar-refractivity contribution in [1.29, 1.82) is 0 Å². The van der Waals surface area contributed by atoms with Gasteiger partial charge >= 0.3 is 0 Å². The monoisotopic (exact) mass is 949 g/mol. The quantitative estimate of drug-likeness (QED) is 0.152. The van der Waals surface area contributed by atoms with Gasteiger partial charge in [0.05, 0.1) is 22.4 Å². The molecule has 0 fully saturated rings. The maximum absolute atomic E-state index is 6.97. The summed E-state index contributed by atoms with van der Waals surface area (Å²) in [7, 11) is 0. The Morgan fingerprint density at radius 3 is 1.67 bits per heavy atom. The van der Waals surface area contributed by atoms with E-state index in [2.05, 4.69) is 275 Å². The number of ether oxygens (including phenoxy) is 1. The topological polar surface area (TPSA) is 33.5 Å². The molecule has 0 N–H and O–H groups in total. The summed E-state index contributed by atoms with van der Waals surface area (Å²) in [6, 6.07) is 60.2. The molecule has 1 aliphatic heterocycles. The van der Waals surface area contributed by atoms with Gasteiger partial charge in [0.15, 0.2) is 0 Å². The van der Waals surface area contributed by atoms with Gasteiger partial charge in [-0.1, -0.05) is 176 Å². The van der Waals surface area contributed by atoms with Crippen molar-refractivity contribution < 1.29 is 4.74 Å². The van der Waals surface area contributed by atoms with Crippen LogP contribution in [-0.4, -0.2) is 16.2 Å². The molecule has 5 nitrogen and oxygen atoms in total. The van der Waals surface area contributed by atoms with Gasteiger partial charge in [-0.05, 0) is 139 Å². The van der Waals surface area contributed by atoms with Crippen LogP contribution in [0.3, 0.4) is 0 Å². The van der Waals surface area contributed by atoms with Crippen LogP contribution in [0.15, 0.2) is 170 Å². The molecule has 3 heterocycles. The van der Waals surface area contributed by atoms with Crippen molar-refractivity contribution in [3.63, 3.8) is 0 Å². The first-order valence-corrected chi connectivity index (χ1v) is 25.8. The van der Waals surface area contributed by atoms with Gasteiger partial charge in [0.2, 0.25) is 0 Å². The van der Waals surface area contributed by atoms with Crippen molar-refractivity contribution in [3.05, 3.63) is 203 Å². The molecular weight excluding hydrogens is 877 g/mol. The van der Waals surface area contributed by atoms with Crippen molar-refractivity contribution in [1.82, 2.24) is 9.55 Å². The van der Waals surface area contributed by atoms with Gasteiger partial charge in [-0.25, -0.2) is 4.98 Å². The summed E-state index contributed by atoms with van der Waals surface area (Å²) < 4.78 is 9.29. The Bertz CT molecular complexity index is 3480. The maximum Gasteiger partial charge on any atom is 0.137 e. The predicted molar refractivity (Wildman–Crippen MR) is 306 cm³/mol. The van der Waals surface area contributed by atoms with Crippen molar-refractivity contribution in [2.75, 3.05) is 16.5 Å². The number of hydrogen-bond acceptors (Lipinski definition) is 4. The summed E-state index contributed by atoms with van der Waals surface area (Å²) >= 11 is 0. The molecule has 10 rings (SSSR count). The maximum atomic E-state index is 6.97. The molecule has 0 amide bonds. The van der Waals surface area contributed by atoms with Crippen LogP contribution >= 0.6 is 0 Å². The summed E-state index contributed by atoms with van der Waals surface area (Å²) in [5.41, 5.74) is 16.7. The van der Waals surface area contributed by atoms with E-state index >= 15 is 0 Å². The third-order valence-electron chi connectivity index (χ3n) is 15.0. The van der Waals surface area contributed by atoms with E-state index in [1.54, 1.807) is 0 Å². The van der Waals surface area contributed by atoms with E-state index in [1.807, 2.05) is 6.20 Å². The number of fused-ring (bicyclic) bond motifs is 4. The lowest BCUT2D eigenvalue weighted by atomic mass is 9.74. The van der Waals surface area contributed by atoms with Crippen LogP contribution in [0.4, 0.5) is 22.7 Å². The summed E-state index contributed by atoms with van der Waals surface area (Å²) in [4.78, 5) is 10.0. The van der Waals surface area contributed by atoms with E-state index in [9.17, 15) is 0 Å². The number of nitrogens with zero attached hydrogens (tertiary/aromatic N) is 4. The van der Waals surface area contributed by atoms with E-state index in [4.69, 9.17) is 9.72 Å². The van der Waals surface area contributed by atoms with Crippen molar-refractivity contribution in [2.24, 2.45) is 0 Å². The Kier molecular flexibility index (Phi) is 11.8. The van der Waals surface area contributed by atoms with Gasteiger partial charge in [-0.15, -0.1) is 0 Å². The fourth-order valence-corrected chi connectivity index (χ4v) is 10.6. The first-order chi connectivity index (χ1) is 33.9. The molecule has 2 aromatic heterocycles. The van der Waals surface area contributed by atoms with E-state index in [0.717, 1.165) is 39.4 Å². The summed E-state index contributed by atoms with van der Waals surface area (Å²) in [5.74, 6) is 2.43. The Morgan fingerprint density at radius 1 is 0.403 bits per heavy atom. The number of benzene rings is 7. The van der Waals surface area contributed by atoms with Crippen molar-refractivity contribution in [2.45, 2.75) is 124 Å². The minimum atomic E-state index is -0.194. The number of pyridine rings is 1. The fourth-order valence-electron chi connectivity index (χ4n) is 10.6. The van der Waals surface area contributed by atoms with Gasteiger partial charge in [-0.3, -0.25) is 4.57 Å². The molecule has 0 atom stereocenters. The predicted octanol–water partition coefficient (Wildman–Crippen LogP) is 18.4. The van der Waals surface area contributed by atoms with Crippen LogP contribution in [0.25, 0.3) is 38.8 Å². The van der Waals surface area contributed by atoms with Crippen LogP contribution in [0.5, 0.6) is 11.5 Å². The van der Waals surface area contributed by atoms with Crippen LogP contribution in [0.2, 0.25) is 0 Å². The van der Waals surface area contributed by atoms with Crippen LogP contribution in [0, 0.1) is 0 Å². The molecule has 0 spiro atoms. The summed E-state index contributed by atoms with van der Waals surface area (Å²) in [5, 5.41) is 2.34. The minimum Gasteiger partial charge on any atom is -0.457 e. The lowest BCUT2D eigenvalue weighted by Gasteiger charge is -2.32. The second-order valence-corrected chi connectivity index (χ2v) is 24.8. The van der Waals surface area contributed by atoms with Gasteiger partial charge in [0.1, 0.15) is 24.0 Å². The Hall–Kier alpha value is -7.11. The average Bonchev–Trinajstić information content (AvgIpc) is 3.88. The number of hydrogen-bond donors (Lipinski definition) is 0. The molecule has 1 aliphatic rings. The Balaban J connectivity index is 1.08. The van der Waals surface area contributed by atoms with Gasteiger partial charge in [0, 0.05) is 45.9 Å².